The molecule has 0 heterocycles. The van der Waals surface area contributed by atoms with Crippen LogP contribution in [0.5, 0.6) is 0 Å². The first-order chi connectivity index (χ1) is 5.59. The van der Waals surface area contributed by atoms with E-state index >= 15 is 0 Å². The Morgan fingerprint density at radius 3 is 2.00 bits per heavy atom. The minimum Gasteiger partial charge on any atom is -0.387 e. The van der Waals surface area contributed by atoms with E-state index in [1.807, 2.05) is 0 Å². The average molecular weight is 193 g/mol. The largest absolute Gasteiger partial charge is 0.387 e. The highest BCUT2D eigenvalue weighted by molar-refractivity contribution is 5.79. The van der Waals surface area contributed by atoms with Gasteiger partial charge in [0.1, 0.15) is 0 Å². The Morgan fingerprint density at radius 1 is 1.38 bits per heavy atom. The molecule has 0 aromatic heterocycles. The third-order valence-electron chi connectivity index (χ3n) is 1.75. The predicted molar refractivity (Wildman–Crippen MR) is 40.0 cm³/mol. The van der Waals surface area contributed by atoms with Crippen molar-refractivity contribution in [2.75, 3.05) is 0 Å². The topological polar surface area (TPSA) is 110 Å². The summed E-state index contributed by atoms with van der Waals surface area (Å²) in [5.41, 5.74) is -4.14. The zero-order chi connectivity index (χ0) is 10.9. The number of hydrogen-bond acceptors (Lipinski definition) is 6. The molecule has 0 amide bonds. The summed E-state index contributed by atoms with van der Waals surface area (Å²) in [6.45, 7) is 3.20. The van der Waals surface area contributed by atoms with E-state index in [1.165, 1.54) is 0 Å². The number of carbonyl (C=O) groups is 1. The number of aliphatic hydroxyl groups is 2. The SMILES string of the molecule is CC(C)(O)C(C)(O)C(=O)O[N+](=O)[O-]. The molecule has 0 aliphatic rings. The van der Waals surface area contributed by atoms with Crippen LogP contribution in [0.4, 0.5) is 0 Å². The molecule has 1 atom stereocenters. The van der Waals surface area contributed by atoms with Gasteiger partial charge < -0.3 is 10.2 Å². The van der Waals surface area contributed by atoms with E-state index in [9.17, 15) is 25.1 Å². The Balaban J connectivity index is 4.65. The molecule has 0 aliphatic heterocycles. The molecule has 0 fully saturated rings. The van der Waals surface area contributed by atoms with E-state index in [0.29, 0.717) is 0 Å². The maximum atomic E-state index is 10.8. The Kier molecular flexibility index (Phi) is 2.96. The molecule has 1 unspecified atom stereocenters. The maximum absolute atomic E-state index is 10.8. The van der Waals surface area contributed by atoms with Crippen LogP contribution in [0.1, 0.15) is 20.8 Å². The van der Waals surface area contributed by atoms with Crippen LogP contribution in [-0.2, 0) is 9.63 Å². The summed E-state index contributed by atoms with van der Waals surface area (Å²) in [7, 11) is 0. The monoisotopic (exact) mass is 193 g/mol. The van der Waals surface area contributed by atoms with Gasteiger partial charge in [0.25, 0.3) is 0 Å². The average Bonchev–Trinajstić information content (AvgIpc) is 1.82. The van der Waals surface area contributed by atoms with Gasteiger partial charge in [-0.25, -0.2) is 4.84 Å². The summed E-state index contributed by atoms with van der Waals surface area (Å²) in [4.78, 5) is 24.1. The zero-order valence-corrected chi connectivity index (χ0v) is 7.47. The van der Waals surface area contributed by atoms with Crippen molar-refractivity contribution in [3.8, 4) is 0 Å². The van der Waals surface area contributed by atoms with Gasteiger partial charge in [0.2, 0.25) is 0 Å². The van der Waals surface area contributed by atoms with Crippen LogP contribution in [0.25, 0.3) is 0 Å². The Hall–Kier alpha value is -1.21. The van der Waals surface area contributed by atoms with Gasteiger partial charge in [0.15, 0.2) is 5.60 Å². The lowest BCUT2D eigenvalue weighted by Crippen LogP contribution is -2.54. The van der Waals surface area contributed by atoms with E-state index in [4.69, 9.17) is 0 Å². The van der Waals surface area contributed by atoms with Crippen LogP contribution >= 0.6 is 0 Å². The fourth-order valence-corrected chi connectivity index (χ4v) is 0.406. The van der Waals surface area contributed by atoms with E-state index in [1.54, 1.807) is 0 Å². The van der Waals surface area contributed by atoms with Crippen molar-refractivity contribution in [2.45, 2.75) is 32.0 Å². The third-order valence-corrected chi connectivity index (χ3v) is 1.75. The standard InChI is InChI=1S/C6H11NO6/c1-5(2,9)6(3,10)4(8)13-7(11)12/h9-10H,1-3H3. The van der Waals surface area contributed by atoms with E-state index in [0.717, 1.165) is 20.8 Å². The molecule has 0 radical (unpaired) electrons. The summed E-state index contributed by atoms with van der Waals surface area (Å²) in [5, 5.41) is 27.0. The first-order valence-electron chi connectivity index (χ1n) is 3.40. The smallest absolute Gasteiger partial charge is 0.337 e. The molecular formula is C6H11NO6. The highest BCUT2D eigenvalue weighted by Gasteiger charge is 2.46. The van der Waals surface area contributed by atoms with Crippen LogP contribution < -0.4 is 0 Å². The molecule has 13 heavy (non-hydrogen) atoms. The van der Waals surface area contributed by atoms with Gasteiger partial charge >= 0.3 is 11.1 Å². The van der Waals surface area contributed by atoms with Gasteiger partial charge in [-0.05, 0) is 20.8 Å². The van der Waals surface area contributed by atoms with Crippen LogP contribution in [0, 0.1) is 10.1 Å². The lowest BCUT2D eigenvalue weighted by atomic mass is 9.88. The molecule has 0 rings (SSSR count). The first kappa shape index (κ1) is 11.8. The summed E-state index contributed by atoms with van der Waals surface area (Å²) < 4.78 is 0. The number of rotatable bonds is 3. The summed E-state index contributed by atoms with van der Waals surface area (Å²) >= 11 is 0. The van der Waals surface area contributed by atoms with Crippen LogP contribution in [-0.4, -0.2) is 32.5 Å². The van der Waals surface area contributed by atoms with Crippen molar-refractivity contribution in [2.24, 2.45) is 0 Å². The highest BCUT2D eigenvalue weighted by atomic mass is 17.0. The number of carbonyl (C=O) groups excluding carboxylic acids is 1. The molecule has 2 N–H and O–H groups in total. The number of nitrogens with zero attached hydrogens (tertiary/aromatic N) is 1. The van der Waals surface area contributed by atoms with Gasteiger partial charge in [-0.1, -0.05) is 0 Å². The van der Waals surface area contributed by atoms with Crippen molar-refractivity contribution in [1.82, 2.24) is 0 Å². The van der Waals surface area contributed by atoms with Crippen LogP contribution in [0.3, 0.4) is 0 Å². The molecule has 0 spiro atoms. The number of hydrogen-bond donors (Lipinski definition) is 2. The minimum atomic E-state index is -2.32. The lowest BCUT2D eigenvalue weighted by Gasteiger charge is -2.32. The third kappa shape index (κ3) is 2.63. The lowest BCUT2D eigenvalue weighted by molar-refractivity contribution is -0.731. The Morgan fingerprint density at radius 2 is 1.77 bits per heavy atom. The van der Waals surface area contributed by atoms with Gasteiger partial charge in [0.05, 0.1) is 5.60 Å². The van der Waals surface area contributed by atoms with Gasteiger partial charge in [-0.3, -0.25) is 4.79 Å². The van der Waals surface area contributed by atoms with Crippen LogP contribution in [0.15, 0.2) is 0 Å². The van der Waals surface area contributed by atoms with Gasteiger partial charge in [-0.2, -0.15) is 0 Å². The van der Waals surface area contributed by atoms with Gasteiger partial charge in [0, 0.05) is 0 Å². The van der Waals surface area contributed by atoms with Crippen LogP contribution in [0.2, 0.25) is 0 Å². The molecule has 0 aromatic rings. The fraction of sp³-hybridized carbons (Fsp3) is 0.833. The molecule has 0 saturated carbocycles. The molecule has 0 bridgehead atoms. The van der Waals surface area contributed by atoms with E-state index in [2.05, 4.69) is 4.84 Å². The second-order valence-electron chi connectivity index (χ2n) is 3.23. The second kappa shape index (κ2) is 3.27. The summed E-state index contributed by atoms with van der Waals surface area (Å²) in [5.74, 6) is -1.51. The molecular weight excluding hydrogens is 182 g/mol. The second-order valence-corrected chi connectivity index (χ2v) is 3.23. The normalized spacial score (nSPS) is 16.1. The van der Waals surface area contributed by atoms with E-state index in [-0.39, 0.29) is 0 Å². The highest BCUT2D eigenvalue weighted by Crippen LogP contribution is 2.22. The van der Waals surface area contributed by atoms with Crippen molar-refractivity contribution < 1.29 is 24.9 Å². The maximum Gasteiger partial charge on any atom is 0.337 e. The first-order valence-corrected chi connectivity index (χ1v) is 3.40. The van der Waals surface area contributed by atoms with Crippen molar-refractivity contribution in [3.05, 3.63) is 10.1 Å². The van der Waals surface area contributed by atoms with E-state index < -0.39 is 22.3 Å². The van der Waals surface area contributed by atoms with Gasteiger partial charge in [-0.15, -0.1) is 10.1 Å². The Labute approximate surface area is 74.0 Å². The summed E-state index contributed by atoms with van der Waals surface area (Å²) in [6, 6.07) is 0. The van der Waals surface area contributed by atoms with Crippen molar-refractivity contribution in [3.63, 3.8) is 0 Å². The molecule has 7 nitrogen and oxygen atoms in total. The quantitative estimate of drug-likeness (QED) is 0.450. The molecule has 0 aliphatic carbocycles. The fourth-order valence-electron chi connectivity index (χ4n) is 0.406. The van der Waals surface area contributed by atoms with Crippen molar-refractivity contribution >= 4 is 5.97 Å². The predicted octanol–water partition coefficient (Wildman–Crippen LogP) is -0.757. The minimum absolute atomic E-state index is 0.929. The molecule has 0 aromatic carbocycles. The summed E-state index contributed by atoms with van der Waals surface area (Å²) in [6.07, 6.45) is 0. The molecule has 0 saturated heterocycles. The van der Waals surface area contributed by atoms with Crippen molar-refractivity contribution in [1.29, 1.82) is 0 Å². The Bertz CT molecular complexity index is 228. The zero-order valence-electron chi connectivity index (χ0n) is 7.47. The molecule has 76 valence electrons. The molecule has 7 heteroatoms.